The van der Waals surface area contributed by atoms with E-state index in [-0.39, 0.29) is 24.0 Å². The average Bonchev–Trinajstić information content (AvgIpc) is 2.77. The molecule has 4 rings (SSSR count). The molecule has 5 heteroatoms. The summed E-state index contributed by atoms with van der Waals surface area (Å²) < 4.78 is 0. The number of thioether (sulfide) groups is 1. The molecule has 110 valence electrons. The molecule has 3 aliphatic rings. The molecule has 2 saturated heterocycles. The van der Waals surface area contributed by atoms with E-state index >= 15 is 0 Å². The summed E-state index contributed by atoms with van der Waals surface area (Å²) in [6.45, 7) is 0.571. The Morgan fingerprint density at radius 1 is 1.14 bits per heavy atom. The van der Waals surface area contributed by atoms with E-state index in [0.717, 1.165) is 24.3 Å². The van der Waals surface area contributed by atoms with E-state index in [1.54, 1.807) is 9.80 Å². The number of hydrogen-bond donors (Lipinski definition) is 0. The summed E-state index contributed by atoms with van der Waals surface area (Å²) in [7, 11) is 0. The highest BCUT2D eigenvalue weighted by Gasteiger charge is 2.49. The number of amides is 3. The number of imide groups is 1. The zero-order chi connectivity index (χ0) is 14.4. The van der Waals surface area contributed by atoms with Gasteiger partial charge in [-0.3, -0.25) is 9.69 Å². The minimum absolute atomic E-state index is 0.0157. The van der Waals surface area contributed by atoms with Crippen molar-refractivity contribution >= 4 is 23.7 Å². The molecule has 0 spiro atoms. The molecule has 21 heavy (non-hydrogen) atoms. The molecule has 3 amide bonds. The molecule has 0 aromatic heterocycles. The smallest absolute Gasteiger partial charge is 0.308 e. The molecule has 1 aromatic carbocycles. The summed E-state index contributed by atoms with van der Waals surface area (Å²) >= 11 is 1.85. The molecule has 0 saturated carbocycles. The van der Waals surface area contributed by atoms with Crippen LogP contribution in [0.1, 0.15) is 24.0 Å². The highest BCUT2D eigenvalue weighted by Crippen LogP contribution is 2.33. The number of fused-ring (bicyclic) bond motifs is 2. The minimum Gasteiger partial charge on any atom is -0.308 e. The van der Waals surface area contributed by atoms with E-state index in [9.17, 15) is 9.59 Å². The maximum absolute atomic E-state index is 12.7. The van der Waals surface area contributed by atoms with Crippen molar-refractivity contribution in [3.05, 3.63) is 35.4 Å². The Labute approximate surface area is 128 Å². The molecule has 0 radical (unpaired) electrons. The molecule has 4 nitrogen and oxygen atoms in total. The number of carbonyl (C=O) groups excluding carboxylic acids is 2. The summed E-state index contributed by atoms with van der Waals surface area (Å²) in [5.41, 5.74) is 2.38. The Balaban J connectivity index is 1.63. The molecule has 1 aromatic rings. The number of carbonyl (C=O) groups is 2. The summed E-state index contributed by atoms with van der Waals surface area (Å²) in [4.78, 5) is 28.7. The Morgan fingerprint density at radius 2 is 1.95 bits per heavy atom. The van der Waals surface area contributed by atoms with Crippen molar-refractivity contribution in [1.82, 2.24) is 9.80 Å². The number of nitrogens with zero attached hydrogens (tertiary/aromatic N) is 2. The van der Waals surface area contributed by atoms with Crippen LogP contribution >= 0.6 is 11.8 Å². The first-order chi connectivity index (χ1) is 10.3. The molecule has 3 heterocycles. The molecule has 3 aliphatic heterocycles. The number of urea groups is 1. The molecule has 2 fully saturated rings. The maximum Gasteiger partial charge on any atom is 0.328 e. The Morgan fingerprint density at radius 3 is 2.71 bits per heavy atom. The summed E-state index contributed by atoms with van der Waals surface area (Å²) in [6, 6.07) is 7.87. The van der Waals surface area contributed by atoms with Crippen LogP contribution in [0.4, 0.5) is 4.79 Å². The molecule has 2 unspecified atom stereocenters. The van der Waals surface area contributed by atoms with Crippen molar-refractivity contribution in [2.75, 3.05) is 11.5 Å². The van der Waals surface area contributed by atoms with Gasteiger partial charge in [0.1, 0.15) is 6.04 Å². The fraction of sp³-hybridized carbons (Fsp3) is 0.500. The lowest BCUT2D eigenvalue weighted by atomic mass is 9.95. The summed E-state index contributed by atoms with van der Waals surface area (Å²) in [5.74, 6) is 2.05. The van der Waals surface area contributed by atoms with Crippen LogP contribution in [-0.4, -0.2) is 45.3 Å². The van der Waals surface area contributed by atoms with Crippen LogP contribution in [0.15, 0.2) is 24.3 Å². The lowest BCUT2D eigenvalue weighted by molar-refractivity contribution is -0.129. The molecule has 0 aliphatic carbocycles. The Hall–Kier alpha value is -1.49. The molecule has 0 N–H and O–H groups in total. The van der Waals surface area contributed by atoms with Crippen LogP contribution in [0, 0.1) is 0 Å². The third kappa shape index (κ3) is 2.06. The normalized spacial score (nSPS) is 28.6. The third-order valence-corrected chi connectivity index (χ3v) is 5.92. The van der Waals surface area contributed by atoms with Gasteiger partial charge in [0.25, 0.3) is 5.91 Å². The third-order valence-electron chi connectivity index (χ3n) is 4.72. The fourth-order valence-corrected chi connectivity index (χ4v) is 4.73. The van der Waals surface area contributed by atoms with Crippen LogP contribution in [0.5, 0.6) is 0 Å². The first kappa shape index (κ1) is 13.2. The molecule has 2 atom stereocenters. The van der Waals surface area contributed by atoms with E-state index in [0.29, 0.717) is 13.0 Å². The van der Waals surface area contributed by atoms with Crippen LogP contribution < -0.4 is 0 Å². The van der Waals surface area contributed by atoms with Crippen LogP contribution in [0.3, 0.4) is 0 Å². The first-order valence-electron chi connectivity index (χ1n) is 7.54. The van der Waals surface area contributed by atoms with E-state index in [1.807, 2.05) is 23.9 Å². The minimum atomic E-state index is -0.278. The van der Waals surface area contributed by atoms with Crippen molar-refractivity contribution in [1.29, 1.82) is 0 Å². The van der Waals surface area contributed by atoms with Crippen LogP contribution in [0.25, 0.3) is 0 Å². The number of benzene rings is 1. The van der Waals surface area contributed by atoms with Crippen molar-refractivity contribution < 1.29 is 9.59 Å². The van der Waals surface area contributed by atoms with Gasteiger partial charge >= 0.3 is 6.03 Å². The molecular weight excluding hydrogens is 284 g/mol. The Kier molecular flexibility index (Phi) is 3.17. The van der Waals surface area contributed by atoms with E-state index < -0.39 is 0 Å². The van der Waals surface area contributed by atoms with Gasteiger partial charge in [0.2, 0.25) is 0 Å². The monoisotopic (exact) mass is 302 g/mol. The SMILES string of the molecule is O=C1C2Cc3ccccc3CN2C(=O)N1C1CCCSC1. The van der Waals surface area contributed by atoms with Crippen molar-refractivity contribution in [3.63, 3.8) is 0 Å². The number of hydrogen-bond acceptors (Lipinski definition) is 3. The van der Waals surface area contributed by atoms with Gasteiger partial charge in [0.05, 0.1) is 6.04 Å². The second-order valence-electron chi connectivity index (χ2n) is 5.98. The summed E-state index contributed by atoms with van der Waals surface area (Å²) in [5, 5.41) is 0. The van der Waals surface area contributed by atoms with E-state index in [4.69, 9.17) is 0 Å². The van der Waals surface area contributed by atoms with Crippen molar-refractivity contribution in [2.45, 2.75) is 37.9 Å². The van der Waals surface area contributed by atoms with Gasteiger partial charge in [-0.15, -0.1) is 0 Å². The van der Waals surface area contributed by atoms with Gasteiger partial charge in [-0.1, -0.05) is 24.3 Å². The molecular formula is C16H18N2O2S. The lowest BCUT2D eigenvalue weighted by Gasteiger charge is -2.29. The summed E-state index contributed by atoms with van der Waals surface area (Å²) in [6.07, 6.45) is 2.71. The fourth-order valence-electron chi connectivity index (χ4n) is 3.60. The van der Waals surface area contributed by atoms with E-state index in [2.05, 4.69) is 12.1 Å². The van der Waals surface area contributed by atoms with Gasteiger partial charge in [-0.05, 0) is 29.7 Å². The topological polar surface area (TPSA) is 40.6 Å². The Bertz CT molecular complexity index is 555. The van der Waals surface area contributed by atoms with Gasteiger partial charge in [0, 0.05) is 18.7 Å². The predicted octanol–water partition coefficient (Wildman–Crippen LogP) is 2.27. The van der Waals surface area contributed by atoms with Gasteiger partial charge < -0.3 is 4.90 Å². The largest absolute Gasteiger partial charge is 0.328 e. The highest BCUT2D eigenvalue weighted by molar-refractivity contribution is 7.99. The highest BCUT2D eigenvalue weighted by atomic mass is 32.2. The van der Waals surface area contributed by atoms with Gasteiger partial charge in [-0.25, -0.2) is 4.79 Å². The number of rotatable bonds is 1. The molecule has 0 bridgehead atoms. The lowest BCUT2D eigenvalue weighted by Crippen LogP contribution is -2.43. The second kappa shape index (κ2) is 5.05. The zero-order valence-corrected chi connectivity index (χ0v) is 12.6. The van der Waals surface area contributed by atoms with Gasteiger partial charge in [0.15, 0.2) is 0 Å². The quantitative estimate of drug-likeness (QED) is 0.747. The zero-order valence-electron chi connectivity index (χ0n) is 11.8. The second-order valence-corrected chi connectivity index (χ2v) is 7.13. The van der Waals surface area contributed by atoms with Crippen molar-refractivity contribution in [2.24, 2.45) is 0 Å². The van der Waals surface area contributed by atoms with E-state index in [1.165, 1.54) is 11.1 Å². The predicted molar refractivity (Wildman–Crippen MR) is 82.1 cm³/mol. The standard InChI is InChI=1S/C16H18N2O2S/c19-15-14-8-11-4-1-2-5-12(11)9-17(14)16(20)18(15)13-6-3-7-21-10-13/h1-2,4-5,13-14H,3,6-10H2. The van der Waals surface area contributed by atoms with Gasteiger partial charge in [-0.2, -0.15) is 11.8 Å². The first-order valence-corrected chi connectivity index (χ1v) is 8.69. The average molecular weight is 302 g/mol. The van der Waals surface area contributed by atoms with Crippen LogP contribution in [0.2, 0.25) is 0 Å². The van der Waals surface area contributed by atoms with Crippen LogP contribution in [-0.2, 0) is 17.8 Å². The van der Waals surface area contributed by atoms with Crippen molar-refractivity contribution in [3.8, 4) is 0 Å². The maximum atomic E-state index is 12.7.